The van der Waals surface area contributed by atoms with Gasteiger partial charge in [0.2, 0.25) is 5.91 Å². The minimum atomic E-state index is -0.547. The van der Waals surface area contributed by atoms with Gasteiger partial charge in [0.25, 0.3) is 0 Å². The predicted octanol–water partition coefficient (Wildman–Crippen LogP) is 5.95. The van der Waals surface area contributed by atoms with Gasteiger partial charge >= 0.3 is 6.09 Å². The van der Waals surface area contributed by atoms with Gasteiger partial charge in [-0.3, -0.25) is 4.79 Å². The fraction of sp³-hybridized carbons (Fsp3) is 0.477. The number of allylic oxidation sites excluding steroid dienone is 8. The van der Waals surface area contributed by atoms with Gasteiger partial charge in [-0.2, -0.15) is 0 Å². The molecule has 0 fully saturated rings. The first-order valence-corrected chi connectivity index (χ1v) is 19.8. The van der Waals surface area contributed by atoms with Crippen molar-refractivity contribution in [2.75, 3.05) is 39.5 Å². The van der Waals surface area contributed by atoms with Crippen molar-refractivity contribution in [2.24, 2.45) is 15.0 Å². The molecule has 0 atom stereocenters. The maximum Gasteiger partial charge on any atom is 0.407 e. The number of alkyl carbamates (subject to hydrolysis) is 1. The molecule has 0 saturated heterocycles. The first kappa shape index (κ1) is 40.6. The standard InChI is InChI=1S/C44H56N6O6/c1-10-28-24(3)32-21-34-26(5)30(12-13-39(52)45-14-16-54-18-19-55-17-15-46-43(53)56-44(7,8)9)41(49-34)31-20-38(51)40-27(6)35(50-42(31)40)23-37-29(11-2)25(4)33(48-37)22-36(28)47-32/h21-23,47,51H,10-20H2,1-9H3,(H,45,52)(H,46,53). The first-order valence-electron chi connectivity index (χ1n) is 19.8. The maximum absolute atomic E-state index is 13.1. The summed E-state index contributed by atoms with van der Waals surface area (Å²) in [4.78, 5) is 44.0. The number of carbonyl (C=O) groups is 2. The number of amides is 2. The highest BCUT2D eigenvalue weighted by Crippen LogP contribution is 2.44. The summed E-state index contributed by atoms with van der Waals surface area (Å²) in [6, 6.07) is 0. The molecule has 5 heterocycles. The monoisotopic (exact) mass is 764 g/mol. The van der Waals surface area contributed by atoms with Crippen LogP contribution in [0.4, 0.5) is 4.79 Å². The van der Waals surface area contributed by atoms with Crippen LogP contribution >= 0.6 is 0 Å². The Bertz CT molecular complexity index is 2250. The summed E-state index contributed by atoms with van der Waals surface area (Å²) < 4.78 is 16.3. The lowest BCUT2D eigenvalue weighted by atomic mass is 9.95. The van der Waals surface area contributed by atoms with Crippen molar-refractivity contribution in [3.8, 4) is 0 Å². The van der Waals surface area contributed by atoms with Gasteiger partial charge in [0, 0.05) is 47.8 Å². The molecule has 56 heavy (non-hydrogen) atoms. The van der Waals surface area contributed by atoms with E-state index in [-0.39, 0.29) is 18.1 Å². The number of H-pyrrole nitrogens is 1. The van der Waals surface area contributed by atoms with E-state index in [1.807, 2.05) is 27.7 Å². The number of fused-ring (bicyclic) bond motifs is 5. The highest BCUT2D eigenvalue weighted by Gasteiger charge is 2.37. The fourth-order valence-corrected chi connectivity index (χ4v) is 7.70. The average molecular weight is 765 g/mol. The smallest absolute Gasteiger partial charge is 0.407 e. The predicted molar refractivity (Wildman–Crippen MR) is 221 cm³/mol. The SMILES string of the molecule is CCC1=C(C)C2=NC1=CC1=C(C)C3=C(O)CC(=C4N=C(C=c5[nH]c(c(CC)c5C)=C2)C(C)=C4CCC(=O)NCCOCCOCCNC(=O)OC(C)(C)C)C3=N1. The van der Waals surface area contributed by atoms with Gasteiger partial charge in [-0.05, 0) is 125 Å². The third-order valence-corrected chi connectivity index (χ3v) is 10.6. The zero-order valence-electron chi connectivity index (χ0n) is 34.3. The number of aromatic nitrogens is 1. The second-order valence-electron chi connectivity index (χ2n) is 15.6. The van der Waals surface area contributed by atoms with Crippen LogP contribution in [0.25, 0.3) is 12.2 Å². The van der Waals surface area contributed by atoms with E-state index in [4.69, 9.17) is 29.2 Å². The zero-order chi connectivity index (χ0) is 40.3. The topological polar surface area (TPSA) is 159 Å². The molecule has 12 heteroatoms. The number of nitrogens with one attached hydrogen (secondary N) is 3. The Kier molecular flexibility index (Phi) is 12.3. The molecular weight excluding hydrogens is 709 g/mol. The molecule has 298 valence electrons. The van der Waals surface area contributed by atoms with Crippen LogP contribution in [0.15, 0.2) is 82.9 Å². The van der Waals surface area contributed by atoms with Crippen LogP contribution in [0.2, 0.25) is 0 Å². The minimum Gasteiger partial charge on any atom is -0.511 e. The second kappa shape index (κ2) is 17.0. The van der Waals surface area contributed by atoms with E-state index in [1.54, 1.807) is 0 Å². The molecule has 0 spiro atoms. The van der Waals surface area contributed by atoms with Gasteiger partial charge in [0.1, 0.15) is 11.4 Å². The first-order chi connectivity index (χ1) is 26.7. The van der Waals surface area contributed by atoms with Crippen LogP contribution in [0, 0.1) is 6.92 Å². The lowest BCUT2D eigenvalue weighted by Crippen LogP contribution is -2.34. The van der Waals surface area contributed by atoms with Gasteiger partial charge in [-0.15, -0.1) is 0 Å². The molecule has 0 radical (unpaired) electrons. The molecule has 4 aliphatic heterocycles. The molecule has 0 unspecified atom stereocenters. The van der Waals surface area contributed by atoms with Crippen molar-refractivity contribution in [3.05, 3.63) is 89.8 Å². The Morgan fingerprint density at radius 2 is 1.48 bits per heavy atom. The molecule has 5 aliphatic rings. The van der Waals surface area contributed by atoms with E-state index in [0.29, 0.717) is 52.4 Å². The number of aromatic amines is 1. The molecular formula is C44H56N6O6. The largest absolute Gasteiger partial charge is 0.511 e. The van der Waals surface area contributed by atoms with Crippen LogP contribution in [0.1, 0.15) is 92.2 Å². The maximum atomic E-state index is 13.1. The van der Waals surface area contributed by atoms with Crippen molar-refractivity contribution in [1.29, 1.82) is 0 Å². The van der Waals surface area contributed by atoms with Crippen molar-refractivity contribution < 1.29 is 28.9 Å². The molecule has 1 aromatic rings. The summed E-state index contributed by atoms with van der Waals surface area (Å²) in [6.45, 7) is 20.2. The van der Waals surface area contributed by atoms with E-state index < -0.39 is 11.7 Å². The third-order valence-electron chi connectivity index (χ3n) is 10.6. The van der Waals surface area contributed by atoms with Gasteiger partial charge < -0.3 is 34.9 Å². The van der Waals surface area contributed by atoms with Gasteiger partial charge in [0.15, 0.2) is 0 Å². The summed E-state index contributed by atoms with van der Waals surface area (Å²) in [5.41, 5.74) is 13.7. The number of hydrogen-bond acceptors (Lipinski definition) is 9. The highest BCUT2D eigenvalue weighted by atomic mass is 16.6. The number of carbonyl (C=O) groups excluding carboxylic acids is 2. The summed E-state index contributed by atoms with van der Waals surface area (Å²) in [7, 11) is 0. The molecule has 0 saturated carbocycles. The normalized spacial score (nSPS) is 17.7. The number of ether oxygens (including phenoxy) is 3. The Morgan fingerprint density at radius 3 is 2.16 bits per heavy atom. The van der Waals surface area contributed by atoms with Crippen LogP contribution < -0.4 is 21.3 Å². The van der Waals surface area contributed by atoms with E-state index in [2.05, 4.69) is 68.5 Å². The molecule has 6 rings (SSSR count). The van der Waals surface area contributed by atoms with E-state index in [1.165, 1.54) is 16.7 Å². The molecule has 8 bridgehead atoms. The molecule has 0 aromatic carbocycles. The van der Waals surface area contributed by atoms with E-state index in [0.717, 1.165) is 91.2 Å². The Balaban J connectivity index is 1.17. The van der Waals surface area contributed by atoms with Gasteiger partial charge in [0.05, 0.1) is 60.7 Å². The fourth-order valence-electron chi connectivity index (χ4n) is 7.70. The number of hydrogen-bond donors (Lipinski definition) is 4. The van der Waals surface area contributed by atoms with Gasteiger partial charge in [-0.25, -0.2) is 19.8 Å². The van der Waals surface area contributed by atoms with Gasteiger partial charge in [-0.1, -0.05) is 13.8 Å². The summed E-state index contributed by atoms with van der Waals surface area (Å²) in [6.07, 6.45) is 8.61. The highest BCUT2D eigenvalue weighted by molar-refractivity contribution is 6.26. The number of aliphatic hydroxyl groups excluding tert-OH is 1. The Morgan fingerprint density at radius 1 is 0.821 bits per heavy atom. The van der Waals surface area contributed by atoms with Crippen molar-refractivity contribution in [2.45, 2.75) is 100 Å². The number of aliphatic imine (C=N–C) groups is 3. The zero-order valence-corrected chi connectivity index (χ0v) is 34.3. The Labute approximate surface area is 329 Å². The Hall–Kier alpha value is -5.07. The van der Waals surface area contributed by atoms with Crippen LogP contribution in [0.5, 0.6) is 0 Å². The third kappa shape index (κ3) is 8.66. The number of nitrogens with zero attached hydrogens (tertiary/aromatic N) is 3. The molecule has 12 nitrogen and oxygen atoms in total. The minimum absolute atomic E-state index is 0.0874. The summed E-state index contributed by atoms with van der Waals surface area (Å²) in [5.74, 6) is 0.197. The van der Waals surface area contributed by atoms with Crippen LogP contribution in [-0.4, -0.2) is 84.3 Å². The van der Waals surface area contributed by atoms with Crippen LogP contribution in [-0.2, 0) is 25.4 Å². The van der Waals surface area contributed by atoms with Crippen molar-refractivity contribution in [3.63, 3.8) is 0 Å². The van der Waals surface area contributed by atoms with E-state index >= 15 is 0 Å². The molecule has 1 aromatic heterocycles. The van der Waals surface area contributed by atoms with Crippen LogP contribution in [0.3, 0.4) is 0 Å². The average Bonchev–Trinajstić information content (AvgIpc) is 3.89. The molecule has 1 aliphatic carbocycles. The summed E-state index contributed by atoms with van der Waals surface area (Å²) >= 11 is 0. The number of aliphatic hydroxyl groups is 1. The molecule has 2 amide bonds. The quantitative estimate of drug-likeness (QED) is 0.172. The lowest BCUT2D eigenvalue weighted by Gasteiger charge is -2.19. The lowest BCUT2D eigenvalue weighted by molar-refractivity contribution is -0.121. The molecule has 4 N–H and O–H groups in total. The van der Waals surface area contributed by atoms with E-state index in [9.17, 15) is 14.7 Å². The van der Waals surface area contributed by atoms with Crippen molar-refractivity contribution in [1.82, 2.24) is 15.6 Å². The number of rotatable bonds is 14. The summed E-state index contributed by atoms with van der Waals surface area (Å²) in [5, 5.41) is 19.0. The second-order valence-corrected chi connectivity index (χ2v) is 15.6. The van der Waals surface area contributed by atoms with Crippen molar-refractivity contribution >= 4 is 41.3 Å².